The summed E-state index contributed by atoms with van der Waals surface area (Å²) in [6.07, 6.45) is 6.69. The smallest absolute Gasteiger partial charge is 0.257 e. The first-order valence-electron chi connectivity index (χ1n) is 24.2. The molecule has 2 aliphatic heterocycles. The number of anilines is 6. The highest BCUT2D eigenvalue weighted by molar-refractivity contribution is 7.01. The Morgan fingerprint density at radius 3 is 1.85 bits per heavy atom. The van der Waals surface area contributed by atoms with E-state index in [9.17, 15) is 0 Å². The molecule has 0 spiro atoms. The third-order valence-electron chi connectivity index (χ3n) is 16.4. The van der Waals surface area contributed by atoms with Gasteiger partial charge in [-0.15, -0.1) is 0 Å². The molecule has 6 aromatic carbocycles. The molecule has 0 radical (unpaired) electrons. The Bertz CT molecular complexity index is 3130. The molecular formula is C61H65BN2O. The summed E-state index contributed by atoms with van der Waals surface area (Å²) in [5, 5.41) is 1.18. The van der Waals surface area contributed by atoms with Gasteiger partial charge in [-0.05, 0) is 164 Å². The maximum atomic E-state index is 7.33. The van der Waals surface area contributed by atoms with Crippen molar-refractivity contribution in [2.24, 2.45) is 0 Å². The molecule has 0 atom stereocenters. The molecule has 0 amide bonds. The Balaban J connectivity index is 1.29. The molecule has 0 N–H and O–H groups in total. The van der Waals surface area contributed by atoms with Gasteiger partial charge < -0.3 is 9.32 Å². The van der Waals surface area contributed by atoms with Gasteiger partial charge in [0, 0.05) is 39.2 Å². The van der Waals surface area contributed by atoms with Crippen LogP contribution in [0, 0.1) is 6.92 Å². The monoisotopic (exact) mass is 853 g/mol. The largest absolute Gasteiger partial charge is 0.440 e. The van der Waals surface area contributed by atoms with Gasteiger partial charge >= 0.3 is 0 Å². The van der Waals surface area contributed by atoms with Crippen LogP contribution in [0.3, 0.4) is 0 Å². The maximum Gasteiger partial charge on any atom is 0.257 e. The Morgan fingerprint density at radius 1 is 0.585 bits per heavy atom. The Labute approximate surface area is 388 Å². The summed E-state index contributed by atoms with van der Waals surface area (Å²) in [6.45, 7) is 33.1. The van der Waals surface area contributed by atoms with E-state index in [0.717, 1.165) is 47.7 Å². The second kappa shape index (κ2) is 13.9. The van der Waals surface area contributed by atoms with Crippen molar-refractivity contribution in [1.82, 2.24) is 0 Å². The van der Waals surface area contributed by atoms with Crippen molar-refractivity contribution in [3.8, 4) is 11.1 Å². The molecule has 4 heteroatoms. The van der Waals surface area contributed by atoms with Crippen molar-refractivity contribution < 1.29 is 4.42 Å². The molecule has 65 heavy (non-hydrogen) atoms. The summed E-state index contributed by atoms with van der Waals surface area (Å²) in [7, 11) is 0. The van der Waals surface area contributed by atoms with Gasteiger partial charge in [-0.3, -0.25) is 4.90 Å². The lowest BCUT2D eigenvalue weighted by molar-refractivity contribution is 0.332. The molecule has 7 aromatic rings. The van der Waals surface area contributed by atoms with Crippen molar-refractivity contribution in [2.45, 2.75) is 136 Å². The van der Waals surface area contributed by atoms with Gasteiger partial charge in [-0.25, -0.2) is 0 Å². The first kappa shape index (κ1) is 41.9. The average molecular weight is 853 g/mol. The quantitative estimate of drug-likeness (QED) is 0.164. The molecule has 3 heterocycles. The number of furan rings is 1. The van der Waals surface area contributed by atoms with Crippen molar-refractivity contribution in [1.29, 1.82) is 0 Å². The molecule has 2 aliphatic carbocycles. The lowest BCUT2D eigenvalue weighted by atomic mass is 9.33. The van der Waals surface area contributed by atoms with E-state index in [1.54, 1.807) is 0 Å². The van der Waals surface area contributed by atoms with Crippen LogP contribution in [0.25, 0.3) is 28.2 Å². The summed E-state index contributed by atoms with van der Waals surface area (Å²) in [5.41, 5.74) is 22.8. The van der Waals surface area contributed by atoms with E-state index in [-0.39, 0.29) is 33.8 Å². The third kappa shape index (κ3) is 6.29. The predicted molar refractivity (Wildman–Crippen MR) is 280 cm³/mol. The van der Waals surface area contributed by atoms with E-state index in [1.807, 2.05) is 6.08 Å². The lowest BCUT2D eigenvalue weighted by Gasteiger charge is -2.47. The van der Waals surface area contributed by atoms with Crippen molar-refractivity contribution in [2.75, 3.05) is 9.80 Å². The zero-order chi connectivity index (χ0) is 45.7. The number of hydrogen-bond donors (Lipinski definition) is 0. The SMILES string of the molecule is C=Cc1cc2c3c(c1)N(c1ccc(C(C)(C)C)cc1-c1ccccc1)c1oc4ccc(C)cc4c1B3c1cc3c(cc1N2c1ccc2c(c1)C(C)(C)CCC2(C)C)C(C)(C)CCC3(C)C. The highest BCUT2D eigenvalue weighted by Crippen LogP contribution is 2.54. The average Bonchev–Trinajstić information content (AvgIpc) is 3.64. The van der Waals surface area contributed by atoms with Crippen LogP contribution in [-0.2, 0) is 27.1 Å². The van der Waals surface area contributed by atoms with Crippen LogP contribution in [0.5, 0.6) is 0 Å². The zero-order valence-corrected chi connectivity index (χ0v) is 40.9. The Morgan fingerprint density at radius 2 is 1.20 bits per heavy atom. The topological polar surface area (TPSA) is 19.6 Å². The fourth-order valence-electron chi connectivity index (χ4n) is 12.1. The van der Waals surface area contributed by atoms with Crippen molar-refractivity contribution in [3.05, 3.63) is 155 Å². The van der Waals surface area contributed by atoms with Gasteiger partial charge in [0.25, 0.3) is 6.71 Å². The number of hydrogen-bond acceptors (Lipinski definition) is 3. The first-order valence-corrected chi connectivity index (χ1v) is 24.2. The second-order valence-electron chi connectivity index (χ2n) is 23.7. The van der Waals surface area contributed by atoms with Gasteiger partial charge in [0.2, 0.25) is 5.88 Å². The third-order valence-corrected chi connectivity index (χ3v) is 16.4. The normalized spacial score (nSPS) is 18.4. The van der Waals surface area contributed by atoms with E-state index in [4.69, 9.17) is 4.42 Å². The van der Waals surface area contributed by atoms with E-state index in [2.05, 4.69) is 209 Å². The molecule has 0 fully saturated rings. The van der Waals surface area contributed by atoms with Gasteiger partial charge in [0.15, 0.2) is 0 Å². The summed E-state index contributed by atoms with van der Waals surface area (Å²) < 4.78 is 7.33. The van der Waals surface area contributed by atoms with Gasteiger partial charge in [-0.2, -0.15) is 0 Å². The molecule has 0 unspecified atom stereocenters. The van der Waals surface area contributed by atoms with E-state index in [0.29, 0.717) is 0 Å². The number of fused-ring (bicyclic) bond motifs is 8. The highest BCUT2D eigenvalue weighted by atomic mass is 16.4. The van der Waals surface area contributed by atoms with Crippen LogP contribution in [0.15, 0.2) is 120 Å². The van der Waals surface area contributed by atoms with Crippen LogP contribution in [0.4, 0.5) is 34.3 Å². The highest BCUT2D eigenvalue weighted by Gasteiger charge is 2.49. The van der Waals surface area contributed by atoms with Crippen molar-refractivity contribution in [3.63, 3.8) is 0 Å². The van der Waals surface area contributed by atoms with Gasteiger partial charge in [0.1, 0.15) is 5.58 Å². The summed E-state index contributed by atoms with van der Waals surface area (Å²) in [5.74, 6) is 0.894. The summed E-state index contributed by atoms with van der Waals surface area (Å²) in [4.78, 5) is 5.11. The first-order chi connectivity index (χ1) is 30.7. The number of benzene rings is 6. The summed E-state index contributed by atoms with van der Waals surface area (Å²) >= 11 is 0. The maximum absolute atomic E-state index is 7.33. The number of rotatable bonds is 4. The molecule has 0 bridgehead atoms. The molecule has 4 aliphatic rings. The molecule has 328 valence electrons. The molecule has 1 aromatic heterocycles. The molecule has 3 nitrogen and oxygen atoms in total. The van der Waals surface area contributed by atoms with Crippen LogP contribution in [0.2, 0.25) is 0 Å². The zero-order valence-electron chi connectivity index (χ0n) is 40.9. The minimum atomic E-state index is -0.0763. The van der Waals surface area contributed by atoms with E-state index < -0.39 is 0 Å². The molecule has 11 rings (SSSR count). The van der Waals surface area contributed by atoms with Crippen LogP contribution < -0.4 is 26.2 Å². The lowest BCUT2D eigenvalue weighted by Crippen LogP contribution is -2.61. The van der Waals surface area contributed by atoms with Crippen LogP contribution in [0.1, 0.15) is 141 Å². The van der Waals surface area contributed by atoms with Crippen LogP contribution >= 0.6 is 0 Å². The van der Waals surface area contributed by atoms with E-state index in [1.165, 1.54) is 89.8 Å². The summed E-state index contributed by atoms with van der Waals surface area (Å²) in [6, 6.07) is 42.3. The predicted octanol–water partition coefficient (Wildman–Crippen LogP) is 15.1. The van der Waals surface area contributed by atoms with Crippen molar-refractivity contribution >= 4 is 74.5 Å². The number of aryl methyl sites for hydroxylation is 1. The van der Waals surface area contributed by atoms with E-state index >= 15 is 0 Å². The van der Waals surface area contributed by atoms with Gasteiger partial charge in [0.05, 0.1) is 5.69 Å². The second-order valence-corrected chi connectivity index (χ2v) is 23.7. The minimum Gasteiger partial charge on any atom is -0.440 e. The Hall–Kier alpha value is -5.74. The fourth-order valence-corrected chi connectivity index (χ4v) is 12.1. The van der Waals surface area contributed by atoms with Crippen LogP contribution in [-0.4, -0.2) is 6.71 Å². The molecule has 0 saturated carbocycles. The fraction of sp³-hybridized carbons (Fsp3) is 0.344. The number of nitrogens with zero attached hydrogens (tertiary/aromatic N) is 2. The minimum absolute atomic E-state index is 0.0277. The van der Waals surface area contributed by atoms with Gasteiger partial charge in [-0.1, -0.05) is 149 Å². The molecule has 0 saturated heterocycles. The standard InChI is InChI=1S/C61H65BN2O/c1-14-38-31-51-55-52(32-38)64(49-24-21-40(57(3,4)5)33-42(49)39-18-16-15-17-19-39)56-54(43-30-37(2)20-25-53(43)65-56)62(55)48-35-46-47(61(12,13)29-28-60(46,10)11)36-50(48)63(51)41-22-23-44-45(34-41)59(8,9)27-26-58(44,6)7/h14-25,30-36H,1,26-29H2,2-13H3. The Kier molecular flexibility index (Phi) is 8.96. The molecular weight excluding hydrogens is 787 g/mol.